The molecule has 0 radical (unpaired) electrons. The number of nitrogens with zero attached hydrogens (tertiary/aromatic N) is 1. The van der Waals surface area contributed by atoms with Crippen LogP contribution in [0.4, 0.5) is 5.69 Å². The molecule has 0 aromatic heterocycles. The Morgan fingerprint density at radius 2 is 1.75 bits per heavy atom. The molecule has 0 bridgehead atoms. The zero-order valence-corrected chi connectivity index (χ0v) is 11.8. The number of halogens is 1. The number of ketones is 1. The fraction of sp³-hybridized carbons (Fsp3) is 0.0625. The minimum Gasteiger partial charge on any atom is -0.306 e. The van der Waals surface area contributed by atoms with Crippen molar-refractivity contribution in [2.75, 3.05) is 12.1 Å². The van der Waals surface area contributed by atoms with E-state index in [1.54, 1.807) is 30.5 Å². The van der Waals surface area contributed by atoms with Crippen molar-refractivity contribution in [2.45, 2.75) is 0 Å². The lowest BCUT2D eigenvalue weighted by Crippen LogP contribution is -2.29. The number of carbonyl (C=O) groups is 1. The van der Waals surface area contributed by atoms with Gasteiger partial charge in [0.1, 0.15) is 0 Å². The molecule has 0 aliphatic rings. The molecule has 0 heterocycles. The van der Waals surface area contributed by atoms with Crippen molar-refractivity contribution < 1.29 is 4.79 Å². The molecule has 1 N–H and O–H groups in total. The summed E-state index contributed by atoms with van der Waals surface area (Å²) in [4.78, 5) is 11.9. The van der Waals surface area contributed by atoms with Gasteiger partial charge in [0.25, 0.3) is 0 Å². The maximum absolute atomic E-state index is 11.9. The van der Waals surface area contributed by atoms with E-state index in [2.05, 4.69) is 5.43 Å². The van der Waals surface area contributed by atoms with E-state index in [1.165, 1.54) is 6.08 Å². The Morgan fingerprint density at radius 1 is 1.10 bits per heavy atom. The van der Waals surface area contributed by atoms with E-state index < -0.39 is 0 Å². The standard InChI is InChI=1S/C16H15ClN2O/c1-19(15-5-3-2-4-6-15)18-12-11-16(20)13-7-9-14(17)10-8-13/h2-12,18H,1H3/b12-11-. The molecule has 0 fully saturated rings. The zero-order chi connectivity index (χ0) is 14.4. The smallest absolute Gasteiger partial charge is 0.187 e. The number of carbonyl (C=O) groups excluding carboxylic acids is 1. The van der Waals surface area contributed by atoms with Gasteiger partial charge in [-0.3, -0.25) is 9.80 Å². The third-order valence-electron chi connectivity index (χ3n) is 2.78. The van der Waals surface area contributed by atoms with Gasteiger partial charge in [0.15, 0.2) is 5.78 Å². The van der Waals surface area contributed by atoms with Crippen LogP contribution in [-0.4, -0.2) is 12.8 Å². The van der Waals surface area contributed by atoms with Crippen molar-refractivity contribution in [3.8, 4) is 0 Å². The van der Waals surface area contributed by atoms with E-state index >= 15 is 0 Å². The van der Waals surface area contributed by atoms with Gasteiger partial charge in [0.2, 0.25) is 0 Å². The summed E-state index contributed by atoms with van der Waals surface area (Å²) in [7, 11) is 1.88. The number of hydrogen-bond donors (Lipinski definition) is 1. The van der Waals surface area contributed by atoms with E-state index in [0.29, 0.717) is 10.6 Å². The monoisotopic (exact) mass is 286 g/mol. The Hall–Kier alpha value is -2.26. The van der Waals surface area contributed by atoms with Crippen LogP contribution in [0.5, 0.6) is 0 Å². The Morgan fingerprint density at radius 3 is 2.40 bits per heavy atom. The van der Waals surface area contributed by atoms with Gasteiger partial charge in [0.05, 0.1) is 5.69 Å². The molecule has 0 unspecified atom stereocenters. The number of benzene rings is 2. The number of para-hydroxylation sites is 1. The van der Waals surface area contributed by atoms with Gasteiger partial charge >= 0.3 is 0 Å². The summed E-state index contributed by atoms with van der Waals surface area (Å²) in [5, 5.41) is 2.44. The fourth-order valence-corrected chi connectivity index (χ4v) is 1.79. The molecule has 20 heavy (non-hydrogen) atoms. The normalized spacial score (nSPS) is 10.5. The predicted molar refractivity (Wildman–Crippen MR) is 82.9 cm³/mol. The van der Waals surface area contributed by atoms with Gasteiger partial charge in [-0.15, -0.1) is 0 Å². The molecular weight excluding hydrogens is 272 g/mol. The van der Waals surface area contributed by atoms with E-state index in [9.17, 15) is 4.79 Å². The van der Waals surface area contributed by atoms with Gasteiger partial charge in [-0.05, 0) is 36.4 Å². The first-order chi connectivity index (χ1) is 9.66. The highest BCUT2D eigenvalue weighted by molar-refractivity contribution is 6.30. The second kappa shape index (κ2) is 6.78. The first-order valence-corrected chi connectivity index (χ1v) is 6.56. The van der Waals surface area contributed by atoms with Crippen molar-refractivity contribution in [3.05, 3.63) is 77.5 Å². The summed E-state index contributed by atoms with van der Waals surface area (Å²) in [5.74, 6) is -0.0735. The molecule has 4 heteroatoms. The number of anilines is 1. The molecule has 2 rings (SSSR count). The van der Waals surface area contributed by atoms with Crippen molar-refractivity contribution >= 4 is 23.1 Å². The third kappa shape index (κ3) is 3.87. The Balaban J connectivity index is 1.93. The SMILES string of the molecule is CN(N/C=C\C(=O)c1ccc(Cl)cc1)c1ccccc1. The van der Waals surface area contributed by atoms with Crippen molar-refractivity contribution in [3.63, 3.8) is 0 Å². The van der Waals surface area contributed by atoms with Crippen LogP contribution in [0.1, 0.15) is 10.4 Å². The van der Waals surface area contributed by atoms with Crippen LogP contribution in [0.15, 0.2) is 66.9 Å². The first kappa shape index (κ1) is 14.2. The van der Waals surface area contributed by atoms with Gasteiger partial charge in [-0.2, -0.15) is 0 Å². The Kier molecular flexibility index (Phi) is 4.80. The number of allylic oxidation sites excluding steroid dienone is 1. The second-order valence-electron chi connectivity index (χ2n) is 4.23. The zero-order valence-electron chi connectivity index (χ0n) is 11.1. The van der Waals surface area contributed by atoms with Crippen LogP contribution in [0, 0.1) is 0 Å². The molecule has 3 nitrogen and oxygen atoms in total. The first-order valence-electron chi connectivity index (χ1n) is 6.18. The maximum Gasteiger partial charge on any atom is 0.187 e. The maximum atomic E-state index is 11.9. The van der Waals surface area contributed by atoms with E-state index in [1.807, 2.05) is 42.4 Å². The summed E-state index contributed by atoms with van der Waals surface area (Å²) in [6, 6.07) is 16.6. The molecule has 0 saturated heterocycles. The predicted octanol–water partition coefficient (Wildman–Crippen LogP) is 3.68. The number of hydrazine groups is 1. The number of rotatable bonds is 5. The van der Waals surface area contributed by atoms with Crippen molar-refractivity contribution in [1.29, 1.82) is 0 Å². The summed E-state index contributed by atoms with van der Waals surface area (Å²) in [6.45, 7) is 0. The van der Waals surface area contributed by atoms with Gasteiger partial charge < -0.3 is 5.43 Å². The Bertz CT molecular complexity index is 594. The fourth-order valence-electron chi connectivity index (χ4n) is 1.66. The highest BCUT2D eigenvalue weighted by Crippen LogP contribution is 2.11. The average Bonchev–Trinajstić information content (AvgIpc) is 2.48. The molecule has 0 saturated carbocycles. The molecule has 2 aromatic carbocycles. The van der Waals surface area contributed by atoms with Crippen LogP contribution in [0.3, 0.4) is 0 Å². The minimum atomic E-state index is -0.0735. The highest BCUT2D eigenvalue weighted by atomic mass is 35.5. The average molecular weight is 287 g/mol. The van der Waals surface area contributed by atoms with Crippen LogP contribution < -0.4 is 10.4 Å². The lowest BCUT2D eigenvalue weighted by Gasteiger charge is -2.18. The van der Waals surface area contributed by atoms with E-state index in [0.717, 1.165) is 5.69 Å². The van der Waals surface area contributed by atoms with E-state index in [4.69, 9.17) is 11.6 Å². The molecule has 0 aliphatic heterocycles. The third-order valence-corrected chi connectivity index (χ3v) is 3.03. The van der Waals surface area contributed by atoms with Crippen molar-refractivity contribution in [2.24, 2.45) is 0 Å². The van der Waals surface area contributed by atoms with Crippen LogP contribution in [-0.2, 0) is 0 Å². The minimum absolute atomic E-state index is 0.0735. The molecular formula is C16H15ClN2O. The summed E-state index contributed by atoms with van der Waals surface area (Å²) < 4.78 is 0. The second-order valence-corrected chi connectivity index (χ2v) is 4.66. The quantitative estimate of drug-likeness (QED) is 0.517. The molecule has 0 atom stereocenters. The Labute approximate surface area is 123 Å². The topological polar surface area (TPSA) is 32.3 Å². The molecule has 0 aliphatic carbocycles. The van der Waals surface area contributed by atoms with E-state index in [-0.39, 0.29) is 5.78 Å². The molecule has 0 amide bonds. The molecule has 0 spiro atoms. The van der Waals surface area contributed by atoms with Crippen molar-refractivity contribution in [1.82, 2.24) is 5.43 Å². The number of hydrogen-bond acceptors (Lipinski definition) is 3. The summed E-state index contributed by atoms with van der Waals surface area (Å²) in [5.41, 5.74) is 4.63. The molecule has 2 aromatic rings. The summed E-state index contributed by atoms with van der Waals surface area (Å²) >= 11 is 5.78. The van der Waals surface area contributed by atoms with Gasteiger partial charge in [0, 0.05) is 29.9 Å². The highest BCUT2D eigenvalue weighted by Gasteiger charge is 2.01. The van der Waals surface area contributed by atoms with Crippen LogP contribution >= 0.6 is 11.6 Å². The van der Waals surface area contributed by atoms with Gasteiger partial charge in [-0.1, -0.05) is 29.8 Å². The molecule has 102 valence electrons. The van der Waals surface area contributed by atoms with Gasteiger partial charge in [-0.25, -0.2) is 0 Å². The van der Waals surface area contributed by atoms with Crippen LogP contribution in [0.2, 0.25) is 5.02 Å². The lowest BCUT2D eigenvalue weighted by atomic mass is 10.1. The van der Waals surface area contributed by atoms with Crippen LogP contribution in [0.25, 0.3) is 0 Å². The largest absolute Gasteiger partial charge is 0.306 e. The lowest BCUT2D eigenvalue weighted by molar-refractivity contribution is 0.104. The number of nitrogens with one attached hydrogen (secondary N) is 1. The summed E-state index contributed by atoms with van der Waals surface area (Å²) in [6.07, 6.45) is 3.10.